The molecule has 0 radical (unpaired) electrons. The Kier molecular flexibility index (Phi) is 5.43. The highest BCUT2D eigenvalue weighted by Gasteiger charge is 2.29. The maximum Gasteiger partial charge on any atom is 0.407 e. The van der Waals surface area contributed by atoms with E-state index >= 15 is 0 Å². The molecule has 0 spiro atoms. The molecule has 2 amide bonds. The summed E-state index contributed by atoms with van der Waals surface area (Å²) in [5, 5.41) is 11.4. The van der Waals surface area contributed by atoms with Crippen molar-refractivity contribution in [2.24, 2.45) is 0 Å². The molecule has 0 unspecified atom stereocenters. The number of rotatable bonds is 3. The first-order valence-electron chi connectivity index (χ1n) is 7.16. The van der Waals surface area contributed by atoms with E-state index in [-0.39, 0.29) is 31.1 Å². The van der Waals surface area contributed by atoms with Crippen LogP contribution in [0.25, 0.3) is 0 Å². The van der Waals surface area contributed by atoms with Crippen molar-refractivity contribution in [1.29, 1.82) is 0 Å². The maximum absolute atomic E-state index is 12.6. The van der Waals surface area contributed by atoms with Crippen molar-refractivity contribution in [3.8, 4) is 11.8 Å². The number of hydrogen-bond donors (Lipinski definition) is 2. The van der Waals surface area contributed by atoms with E-state index in [0.29, 0.717) is 5.69 Å². The molecule has 1 aromatic carbocycles. The van der Waals surface area contributed by atoms with Crippen molar-refractivity contribution >= 4 is 27.7 Å². The van der Waals surface area contributed by atoms with Crippen LogP contribution in [0.3, 0.4) is 0 Å². The van der Waals surface area contributed by atoms with Gasteiger partial charge in [0.05, 0.1) is 4.90 Å². The van der Waals surface area contributed by atoms with E-state index in [0.717, 1.165) is 0 Å². The number of carbonyl (C=O) groups is 2. The topological polar surface area (TPSA) is 107 Å². The summed E-state index contributed by atoms with van der Waals surface area (Å²) in [4.78, 5) is 23.5. The fourth-order valence-corrected chi connectivity index (χ4v) is 3.68. The van der Waals surface area contributed by atoms with Crippen LogP contribution in [0.4, 0.5) is 10.5 Å². The first kappa shape index (κ1) is 17.8. The van der Waals surface area contributed by atoms with Gasteiger partial charge in [-0.15, -0.1) is 0 Å². The summed E-state index contributed by atoms with van der Waals surface area (Å²) in [6.07, 6.45) is -1.05. The van der Waals surface area contributed by atoms with Gasteiger partial charge in [0.1, 0.15) is 0 Å². The number of carbonyl (C=O) groups excluding carboxylic acids is 1. The van der Waals surface area contributed by atoms with E-state index in [1.807, 2.05) is 0 Å². The van der Waals surface area contributed by atoms with Gasteiger partial charge in [-0.25, -0.2) is 13.2 Å². The molecule has 0 saturated carbocycles. The van der Waals surface area contributed by atoms with Gasteiger partial charge in [0, 0.05) is 31.9 Å². The number of piperazine rings is 1. The predicted molar refractivity (Wildman–Crippen MR) is 86.9 cm³/mol. The van der Waals surface area contributed by atoms with E-state index in [9.17, 15) is 18.0 Å². The lowest BCUT2D eigenvalue weighted by Crippen LogP contribution is -2.50. The van der Waals surface area contributed by atoms with Gasteiger partial charge in [0.25, 0.3) is 5.91 Å². The SMILES string of the molecule is CC#CC(=O)Nc1ccc(S(=O)(=O)N2CCN(C(=O)O)CC2)cc1. The molecule has 0 atom stereocenters. The monoisotopic (exact) mass is 351 g/mol. The van der Waals surface area contributed by atoms with E-state index in [4.69, 9.17) is 5.11 Å². The van der Waals surface area contributed by atoms with Crippen LogP contribution in [0.15, 0.2) is 29.2 Å². The zero-order valence-electron chi connectivity index (χ0n) is 13.0. The lowest BCUT2D eigenvalue weighted by atomic mass is 10.3. The van der Waals surface area contributed by atoms with Crippen molar-refractivity contribution in [2.45, 2.75) is 11.8 Å². The standard InChI is InChI=1S/C15H17N3O5S/c1-2-3-14(19)16-12-4-6-13(7-5-12)24(22,23)18-10-8-17(9-11-18)15(20)21/h4-7H,8-11H2,1H3,(H,16,19)(H,20,21). The molecule has 8 nitrogen and oxygen atoms in total. The fourth-order valence-electron chi connectivity index (χ4n) is 2.25. The molecule has 1 heterocycles. The largest absolute Gasteiger partial charge is 0.465 e. The first-order chi connectivity index (χ1) is 11.3. The third kappa shape index (κ3) is 4.04. The summed E-state index contributed by atoms with van der Waals surface area (Å²) < 4.78 is 26.4. The van der Waals surface area contributed by atoms with Crippen molar-refractivity contribution in [2.75, 3.05) is 31.5 Å². The molecular weight excluding hydrogens is 334 g/mol. The Labute approximate surface area is 140 Å². The number of anilines is 1. The van der Waals surface area contributed by atoms with Crippen LogP contribution in [0.1, 0.15) is 6.92 Å². The quantitative estimate of drug-likeness (QED) is 0.777. The Morgan fingerprint density at radius 1 is 1.12 bits per heavy atom. The highest BCUT2D eigenvalue weighted by atomic mass is 32.2. The van der Waals surface area contributed by atoms with Crippen LogP contribution in [-0.4, -0.2) is 60.9 Å². The van der Waals surface area contributed by atoms with Crippen LogP contribution < -0.4 is 5.32 Å². The third-order valence-electron chi connectivity index (χ3n) is 3.50. The van der Waals surface area contributed by atoms with Crippen molar-refractivity contribution in [3.05, 3.63) is 24.3 Å². The lowest BCUT2D eigenvalue weighted by Gasteiger charge is -2.32. The van der Waals surface area contributed by atoms with Gasteiger partial charge in [-0.2, -0.15) is 4.31 Å². The van der Waals surface area contributed by atoms with Crippen molar-refractivity contribution in [3.63, 3.8) is 0 Å². The first-order valence-corrected chi connectivity index (χ1v) is 8.60. The second kappa shape index (κ2) is 7.33. The second-order valence-corrected chi connectivity index (χ2v) is 6.97. The van der Waals surface area contributed by atoms with E-state index in [1.54, 1.807) is 6.92 Å². The Balaban J connectivity index is 2.08. The normalized spacial score (nSPS) is 15.3. The molecule has 1 saturated heterocycles. The molecule has 1 aromatic rings. The molecule has 0 bridgehead atoms. The molecule has 2 N–H and O–H groups in total. The van der Waals surface area contributed by atoms with Gasteiger partial charge in [0.2, 0.25) is 10.0 Å². The second-order valence-electron chi connectivity index (χ2n) is 5.03. The Bertz CT molecular complexity index is 785. The van der Waals surface area contributed by atoms with Crippen LogP contribution in [-0.2, 0) is 14.8 Å². The molecule has 1 fully saturated rings. The Morgan fingerprint density at radius 3 is 2.21 bits per heavy atom. The van der Waals surface area contributed by atoms with Gasteiger partial charge in [-0.1, -0.05) is 5.92 Å². The van der Waals surface area contributed by atoms with Crippen LogP contribution >= 0.6 is 0 Å². The van der Waals surface area contributed by atoms with Gasteiger partial charge >= 0.3 is 6.09 Å². The number of nitrogens with one attached hydrogen (secondary N) is 1. The number of sulfonamides is 1. The van der Waals surface area contributed by atoms with E-state index in [1.165, 1.54) is 33.5 Å². The van der Waals surface area contributed by atoms with E-state index in [2.05, 4.69) is 17.2 Å². The van der Waals surface area contributed by atoms with Crippen molar-refractivity contribution < 1.29 is 23.1 Å². The van der Waals surface area contributed by atoms with Gasteiger partial charge in [-0.3, -0.25) is 4.79 Å². The summed E-state index contributed by atoms with van der Waals surface area (Å²) >= 11 is 0. The average Bonchev–Trinajstić information content (AvgIpc) is 2.55. The van der Waals surface area contributed by atoms with Gasteiger partial charge in [-0.05, 0) is 37.1 Å². The van der Waals surface area contributed by atoms with Crippen LogP contribution in [0, 0.1) is 11.8 Å². The average molecular weight is 351 g/mol. The maximum atomic E-state index is 12.6. The molecule has 1 aliphatic rings. The number of nitrogens with zero attached hydrogens (tertiary/aromatic N) is 2. The van der Waals surface area contributed by atoms with Gasteiger partial charge in [0.15, 0.2) is 0 Å². The molecule has 1 aliphatic heterocycles. The minimum Gasteiger partial charge on any atom is -0.465 e. The minimum atomic E-state index is -3.69. The third-order valence-corrected chi connectivity index (χ3v) is 5.41. The molecule has 128 valence electrons. The minimum absolute atomic E-state index is 0.0887. The molecule has 24 heavy (non-hydrogen) atoms. The predicted octanol–water partition coefficient (Wildman–Crippen LogP) is 0.633. The summed E-state index contributed by atoms with van der Waals surface area (Å²) in [6, 6.07) is 5.76. The molecule has 9 heteroatoms. The smallest absolute Gasteiger partial charge is 0.407 e. The molecule has 0 aliphatic carbocycles. The fraction of sp³-hybridized carbons (Fsp3) is 0.333. The highest BCUT2D eigenvalue weighted by molar-refractivity contribution is 7.89. The van der Waals surface area contributed by atoms with Gasteiger partial charge < -0.3 is 15.3 Å². The number of amides is 2. The molecule has 0 aromatic heterocycles. The molecular formula is C15H17N3O5S. The lowest BCUT2D eigenvalue weighted by molar-refractivity contribution is -0.111. The van der Waals surface area contributed by atoms with Crippen molar-refractivity contribution in [1.82, 2.24) is 9.21 Å². The number of carboxylic acid groups (broad SMARTS) is 1. The Morgan fingerprint density at radius 2 is 1.71 bits per heavy atom. The highest BCUT2D eigenvalue weighted by Crippen LogP contribution is 2.20. The zero-order valence-corrected chi connectivity index (χ0v) is 13.8. The number of hydrogen-bond acceptors (Lipinski definition) is 4. The van der Waals surface area contributed by atoms with Crippen LogP contribution in [0.5, 0.6) is 0 Å². The zero-order chi connectivity index (χ0) is 17.7. The summed E-state index contributed by atoms with van der Waals surface area (Å²) in [7, 11) is -3.69. The number of benzene rings is 1. The van der Waals surface area contributed by atoms with Crippen LogP contribution in [0.2, 0.25) is 0 Å². The van der Waals surface area contributed by atoms with E-state index < -0.39 is 22.0 Å². The molecule has 2 rings (SSSR count). The summed E-state index contributed by atoms with van der Waals surface area (Å²) in [5.74, 6) is 4.32. The summed E-state index contributed by atoms with van der Waals surface area (Å²) in [6.45, 7) is 2.04. The Hall–Kier alpha value is -2.57. The summed E-state index contributed by atoms with van der Waals surface area (Å²) in [5.41, 5.74) is 0.442.